The van der Waals surface area contributed by atoms with Crippen molar-refractivity contribution in [2.75, 3.05) is 14.1 Å². The van der Waals surface area contributed by atoms with Crippen LogP contribution < -0.4 is 0 Å². The molecule has 5 nitrogen and oxygen atoms in total. The molecule has 0 saturated heterocycles. The summed E-state index contributed by atoms with van der Waals surface area (Å²) in [5.74, 6) is -0.611. The van der Waals surface area contributed by atoms with Crippen LogP contribution in [0.1, 0.15) is 0 Å². The Morgan fingerprint density at radius 2 is 2.08 bits per heavy atom. The van der Waals surface area contributed by atoms with Gasteiger partial charge in [0.1, 0.15) is 0 Å². The van der Waals surface area contributed by atoms with E-state index in [0.29, 0.717) is 0 Å². The summed E-state index contributed by atoms with van der Waals surface area (Å²) in [7, 11) is 3.63. The molecule has 0 bridgehead atoms. The van der Waals surface area contributed by atoms with E-state index in [1.54, 1.807) is 4.90 Å². The van der Waals surface area contributed by atoms with Crippen LogP contribution in [0.2, 0.25) is 0 Å². The zero-order valence-corrected chi connectivity index (χ0v) is 8.21. The average molecular weight is 206 g/mol. The van der Waals surface area contributed by atoms with Crippen molar-refractivity contribution in [1.82, 2.24) is 4.90 Å². The third-order valence-electron chi connectivity index (χ3n) is 1.05. The number of amidine groups is 1. The predicted molar refractivity (Wildman–Crippen MR) is 42.6 cm³/mol. The molecule has 6 heteroatoms. The quantitative estimate of drug-likeness (QED) is 0.306. The van der Waals surface area contributed by atoms with Gasteiger partial charge in [-0.05, 0) is 0 Å². The van der Waals surface area contributed by atoms with Gasteiger partial charge in [-0.1, -0.05) is 0 Å². The van der Waals surface area contributed by atoms with Crippen LogP contribution in [0.3, 0.4) is 0 Å². The minimum atomic E-state index is -0.744. The molecule has 0 aromatic carbocycles. The topological polar surface area (TPSA) is 70.2 Å². The third kappa shape index (κ3) is 4.18. The molecule has 1 N–H and O–H groups in total. The van der Waals surface area contributed by atoms with Crippen LogP contribution in [0.4, 0.5) is 0 Å². The zero-order chi connectivity index (χ0) is 9.72. The SMILES string of the molecule is CN(C)[C](=[V])C=CC(=N)[N+](=O)[O-]. The molecule has 0 atom stereocenters. The van der Waals surface area contributed by atoms with E-state index in [-0.39, 0.29) is 0 Å². The molecule has 0 amide bonds. The van der Waals surface area contributed by atoms with E-state index >= 15 is 0 Å². The number of nitro groups is 1. The van der Waals surface area contributed by atoms with Gasteiger partial charge in [-0.3, -0.25) is 0 Å². The Labute approximate surface area is 79.2 Å². The van der Waals surface area contributed by atoms with Gasteiger partial charge in [0.05, 0.1) is 0 Å². The monoisotopic (exact) mass is 206 g/mol. The van der Waals surface area contributed by atoms with E-state index in [9.17, 15) is 10.1 Å². The summed E-state index contributed by atoms with van der Waals surface area (Å²) in [6.45, 7) is 0. The molecule has 0 aliphatic heterocycles. The van der Waals surface area contributed by atoms with Gasteiger partial charge in [0.25, 0.3) is 0 Å². The van der Waals surface area contributed by atoms with E-state index in [1.165, 1.54) is 6.08 Å². The first-order chi connectivity index (χ1) is 5.45. The van der Waals surface area contributed by atoms with E-state index in [4.69, 9.17) is 5.41 Å². The van der Waals surface area contributed by atoms with E-state index < -0.39 is 10.8 Å². The number of likely N-dealkylation sites (N-methyl/N-ethyl adjacent to an activating group) is 1. The standard InChI is InChI=1S/C6H9N3O2.V/c1-8(2)5-3-4-6(7)9(10)11;/h3-4,7H,1-2H3;. The Hall–Kier alpha value is -0.776. The fraction of sp³-hybridized carbons (Fsp3) is 0.333. The van der Waals surface area contributed by atoms with Crippen molar-refractivity contribution in [3.63, 3.8) is 0 Å². The molecule has 0 aromatic heterocycles. The van der Waals surface area contributed by atoms with Crippen molar-refractivity contribution >= 4 is 10.2 Å². The second kappa shape index (κ2) is 4.97. The maximum atomic E-state index is 9.98. The molecule has 0 saturated carbocycles. The summed E-state index contributed by atoms with van der Waals surface area (Å²) in [6.07, 6.45) is 2.65. The summed E-state index contributed by atoms with van der Waals surface area (Å²) in [6, 6.07) is 0. The number of rotatable bonds is 3. The van der Waals surface area contributed by atoms with Gasteiger partial charge in [0.15, 0.2) is 0 Å². The summed E-state index contributed by atoms with van der Waals surface area (Å²) in [5.41, 5.74) is 0. The third-order valence-corrected chi connectivity index (χ3v) is 1.90. The molecule has 0 heterocycles. The number of nitrogens with zero attached hydrogens (tertiary/aromatic N) is 2. The summed E-state index contributed by atoms with van der Waals surface area (Å²) in [4.78, 5) is 11.0. The molecular weight excluding hydrogens is 197 g/mol. The first kappa shape index (κ1) is 11.2. The zero-order valence-electron chi connectivity index (χ0n) is 6.81. The molecule has 65 valence electrons. The average Bonchev–Trinajstić information content (AvgIpc) is 1.98. The van der Waals surface area contributed by atoms with Crippen molar-refractivity contribution in [2.24, 2.45) is 0 Å². The van der Waals surface area contributed by atoms with Gasteiger partial charge in [0.2, 0.25) is 0 Å². The van der Waals surface area contributed by atoms with E-state index in [0.717, 1.165) is 10.4 Å². The summed E-state index contributed by atoms with van der Waals surface area (Å²) in [5, 5.41) is 16.8. The molecule has 0 unspecified atom stereocenters. The van der Waals surface area contributed by atoms with E-state index in [1.807, 2.05) is 14.1 Å². The van der Waals surface area contributed by atoms with Crippen LogP contribution in [-0.2, 0) is 17.0 Å². The molecule has 12 heavy (non-hydrogen) atoms. The van der Waals surface area contributed by atoms with Crippen molar-refractivity contribution in [1.29, 1.82) is 5.41 Å². The molecule has 0 aromatic rings. The van der Waals surface area contributed by atoms with Gasteiger partial charge in [-0.2, -0.15) is 0 Å². The van der Waals surface area contributed by atoms with Crippen LogP contribution in [0.25, 0.3) is 0 Å². The second-order valence-corrected chi connectivity index (χ2v) is 2.94. The Morgan fingerprint density at radius 1 is 1.58 bits per heavy atom. The summed E-state index contributed by atoms with van der Waals surface area (Å²) < 4.78 is 0.800. The summed E-state index contributed by atoms with van der Waals surface area (Å²) >= 11 is 2.26. The molecular formula is C6H9N3O2V. The molecule has 0 rings (SSSR count). The second-order valence-electron chi connectivity index (χ2n) is 2.23. The van der Waals surface area contributed by atoms with Gasteiger partial charge < -0.3 is 0 Å². The number of hydrogen-bond donors (Lipinski definition) is 1. The van der Waals surface area contributed by atoms with Gasteiger partial charge in [0, 0.05) is 0 Å². The van der Waals surface area contributed by atoms with Crippen LogP contribution in [0, 0.1) is 15.5 Å². The van der Waals surface area contributed by atoms with E-state index in [2.05, 4.69) is 17.0 Å². The Kier molecular flexibility index (Phi) is 4.65. The molecule has 0 fully saturated rings. The van der Waals surface area contributed by atoms with Crippen molar-refractivity contribution < 1.29 is 21.9 Å². The number of hydrogen-bond acceptors (Lipinski definition) is 4. The van der Waals surface area contributed by atoms with Crippen molar-refractivity contribution in [2.45, 2.75) is 0 Å². The van der Waals surface area contributed by atoms with Crippen molar-refractivity contribution in [3.8, 4) is 0 Å². The van der Waals surface area contributed by atoms with Crippen molar-refractivity contribution in [3.05, 3.63) is 22.3 Å². The fourth-order valence-corrected chi connectivity index (χ4v) is 0.480. The van der Waals surface area contributed by atoms with Gasteiger partial charge >= 0.3 is 78.8 Å². The molecule has 0 aliphatic carbocycles. The van der Waals surface area contributed by atoms with Crippen LogP contribution >= 0.6 is 0 Å². The first-order valence-corrected chi connectivity index (χ1v) is 3.79. The van der Waals surface area contributed by atoms with Crippen LogP contribution in [0.15, 0.2) is 12.2 Å². The predicted octanol–water partition coefficient (Wildman–Crippen LogP) is 0.0349. The van der Waals surface area contributed by atoms with Crippen LogP contribution in [0.5, 0.6) is 0 Å². The first-order valence-electron chi connectivity index (χ1n) is 3.09. The molecule has 0 radical (unpaired) electrons. The number of nitrogens with one attached hydrogen (secondary N) is 1. The van der Waals surface area contributed by atoms with Gasteiger partial charge in [-0.15, -0.1) is 0 Å². The Bertz CT molecular complexity index is 247. The van der Waals surface area contributed by atoms with Crippen LogP contribution in [-0.4, -0.2) is 34.1 Å². The minimum absolute atomic E-state index is 0.611. The van der Waals surface area contributed by atoms with Gasteiger partial charge in [-0.25, -0.2) is 0 Å². The molecule has 0 spiro atoms. The normalized spacial score (nSPS) is 10.5. The fourth-order valence-electron chi connectivity index (χ4n) is 0.363. The molecule has 0 aliphatic rings. The Balaban J connectivity index is 4.17. The Morgan fingerprint density at radius 3 is 2.42 bits per heavy atom. The maximum absolute atomic E-state index is 9.98.